The average molecular weight is 458 g/mol. The Hall–Kier alpha value is -3.60. The van der Waals surface area contributed by atoms with E-state index in [1.54, 1.807) is 26.4 Å². The number of hydrogen-bond acceptors (Lipinski definition) is 4. The van der Waals surface area contributed by atoms with Gasteiger partial charge in [-0.2, -0.15) is 0 Å². The van der Waals surface area contributed by atoms with E-state index in [-0.39, 0.29) is 5.91 Å². The van der Waals surface area contributed by atoms with E-state index in [2.05, 4.69) is 17.4 Å². The van der Waals surface area contributed by atoms with E-state index < -0.39 is 0 Å². The molecule has 5 nitrogen and oxygen atoms in total. The molecule has 5 heteroatoms. The number of carbonyl (C=O) groups is 2. The molecule has 34 heavy (non-hydrogen) atoms. The normalized spacial score (nSPS) is 13.8. The number of ether oxygens (including phenoxy) is 2. The molecule has 1 saturated carbocycles. The quantitative estimate of drug-likeness (QED) is 0.411. The van der Waals surface area contributed by atoms with Crippen LogP contribution in [0.2, 0.25) is 0 Å². The van der Waals surface area contributed by atoms with Crippen molar-refractivity contribution < 1.29 is 19.1 Å². The first kappa shape index (κ1) is 23.6. The van der Waals surface area contributed by atoms with Gasteiger partial charge in [0.1, 0.15) is 11.5 Å². The highest BCUT2D eigenvalue weighted by Gasteiger charge is 2.16. The number of amides is 1. The molecule has 0 radical (unpaired) electrons. The number of nitrogens with one attached hydrogen (secondary N) is 1. The van der Waals surface area contributed by atoms with Gasteiger partial charge in [-0.3, -0.25) is 9.59 Å². The maximum absolute atomic E-state index is 12.8. The maximum atomic E-state index is 12.8. The van der Waals surface area contributed by atoms with Crippen LogP contribution in [0, 0.1) is 0 Å². The predicted octanol–water partition coefficient (Wildman–Crippen LogP) is 6.16. The number of rotatable bonds is 8. The van der Waals surface area contributed by atoms with E-state index in [1.165, 1.54) is 37.7 Å². The van der Waals surface area contributed by atoms with Gasteiger partial charge in [0.2, 0.25) is 0 Å². The SMILES string of the molecule is COc1ccc(-c2ccc(OC)c(CNC(=O)c3ccc(C4CCCCC4)cc3)c2)cc1C=O. The molecule has 0 unspecified atom stereocenters. The van der Waals surface area contributed by atoms with Crippen LogP contribution in [0.1, 0.15) is 69.9 Å². The number of methoxy groups -OCH3 is 2. The standard InChI is InChI=1S/C29H31NO4/c1-33-27-14-12-23(24-13-15-28(34-2)26(17-24)19-31)16-25(27)18-30-29(32)22-10-8-21(9-11-22)20-6-4-3-5-7-20/h8-17,19-20H,3-7,18H2,1-2H3,(H,30,32). The lowest BCUT2D eigenvalue weighted by Crippen LogP contribution is -2.23. The van der Waals surface area contributed by atoms with Crippen molar-refractivity contribution in [3.8, 4) is 22.6 Å². The molecule has 3 aromatic rings. The minimum atomic E-state index is -0.115. The lowest BCUT2D eigenvalue weighted by Gasteiger charge is -2.22. The first-order chi connectivity index (χ1) is 16.6. The van der Waals surface area contributed by atoms with Crippen LogP contribution < -0.4 is 14.8 Å². The average Bonchev–Trinajstić information content (AvgIpc) is 2.91. The van der Waals surface area contributed by atoms with Crippen LogP contribution in [-0.4, -0.2) is 26.4 Å². The van der Waals surface area contributed by atoms with Crippen molar-refractivity contribution >= 4 is 12.2 Å². The zero-order chi connectivity index (χ0) is 23.9. The van der Waals surface area contributed by atoms with Crippen molar-refractivity contribution in [2.75, 3.05) is 14.2 Å². The van der Waals surface area contributed by atoms with Crippen molar-refractivity contribution in [2.24, 2.45) is 0 Å². The Morgan fingerprint density at radius 1 is 0.882 bits per heavy atom. The topological polar surface area (TPSA) is 64.6 Å². The zero-order valence-electron chi connectivity index (χ0n) is 19.8. The van der Waals surface area contributed by atoms with Crippen LogP contribution in [0.4, 0.5) is 0 Å². The number of hydrogen-bond donors (Lipinski definition) is 1. The van der Waals surface area contributed by atoms with Gasteiger partial charge >= 0.3 is 0 Å². The molecule has 0 aliphatic heterocycles. The minimum absolute atomic E-state index is 0.115. The molecule has 0 heterocycles. The van der Waals surface area contributed by atoms with E-state index in [0.29, 0.717) is 35.1 Å². The summed E-state index contributed by atoms with van der Waals surface area (Å²) < 4.78 is 10.7. The molecule has 1 amide bonds. The highest BCUT2D eigenvalue weighted by atomic mass is 16.5. The minimum Gasteiger partial charge on any atom is -0.496 e. The van der Waals surface area contributed by atoms with Gasteiger partial charge in [-0.15, -0.1) is 0 Å². The Balaban J connectivity index is 1.48. The summed E-state index contributed by atoms with van der Waals surface area (Å²) >= 11 is 0. The summed E-state index contributed by atoms with van der Waals surface area (Å²) in [5.41, 5.74) is 5.14. The second kappa shape index (κ2) is 11.0. The van der Waals surface area contributed by atoms with Gasteiger partial charge in [-0.25, -0.2) is 0 Å². The molecule has 0 saturated heterocycles. The van der Waals surface area contributed by atoms with Crippen molar-refractivity contribution in [1.29, 1.82) is 0 Å². The fraction of sp³-hybridized carbons (Fsp3) is 0.310. The van der Waals surface area contributed by atoms with Crippen LogP contribution in [0.25, 0.3) is 11.1 Å². The summed E-state index contributed by atoms with van der Waals surface area (Å²) in [4.78, 5) is 24.2. The number of benzene rings is 3. The first-order valence-electron chi connectivity index (χ1n) is 11.8. The third-order valence-electron chi connectivity index (χ3n) is 6.66. The molecule has 0 atom stereocenters. The second-order valence-corrected chi connectivity index (χ2v) is 8.74. The highest BCUT2D eigenvalue weighted by Crippen LogP contribution is 2.33. The van der Waals surface area contributed by atoms with Crippen molar-refractivity contribution in [1.82, 2.24) is 5.32 Å². The van der Waals surface area contributed by atoms with Crippen LogP contribution >= 0.6 is 0 Å². The van der Waals surface area contributed by atoms with E-state index in [0.717, 1.165) is 23.0 Å². The number of carbonyl (C=O) groups excluding carboxylic acids is 2. The summed E-state index contributed by atoms with van der Waals surface area (Å²) in [6, 6.07) is 19.3. The van der Waals surface area contributed by atoms with Crippen LogP contribution in [0.15, 0.2) is 60.7 Å². The molecule has 3 aromatic carbocycles. The van der Waals surface area contributed by atoms with Gasteiger partial charge in [0.25, 0.3) is 5.91 Å². The zero-order valence-corrected chi connectivity index (χ0v) is 19.8. The fourth-order valence-electron chi connectivity index (χ4n) is 4.72. The Bertz CT molecular complexity index is 1150. The molecule has 1 N–H and O–H groups in total. The molecule has 0 spiro atoms. The molecular weight excluding hydrogens is 426 g/mol. The van der Waals surface area contributed by atoms with E-state index in [1.807, 2.05) is 36.4 Å². The van der Waals surface area contributed by atoms with Crippen LogP contribution in [0.5, 0.6) is 11.5 Å². The van der Waals surface area contributed by atoms with Crippen LogP contribution in [0.3, 0.4) is 0 Å². The Labute approximate surface area is 201 Å². The predicted molar refractivity (Wildman–Crippen MR) is 134 cm³/mol. The third-order valence-corrected chi connectivity index (χ3v) is 6.66. The first-order valence-corrected chi connectivity index (χ1v) is 11.8. The second-order valence-electron chi connectivity index (χ2n) is 8.74. The Kier molecular flexibility index (Phi) is 7.63. The summed E-state index contributed by atoms with van der Waals surface area (Å²) in [5.74, 6) is 1.74. The fourth-order valence-corrected chi connectivity index (χ4v) is 4.72. The lowest BCUT2D eigenvalue weighted by atomic mass is 9.84. The summed E-state index contributed by atoms with van der Waals surface area (Å²) in [5, 5.41) is 3.01. The summed E-state index contributed by atoms with van der Waals surface area (Å²) in [7, 11) is 3.15. The van der Waals surface area contributed by atoms with E-state index >= 15 is 0 Å². The van der Waals surface area contributed by atoms with Gasteiger partial charge in [0.05, 0.1) is 19.8 Å². The maximum Gasteiger partial charge on any atom is 0.251 e. The van der Waals surface area contributed by atoms with Crippen molar-refractivity contribution in [3.05, 3.63) is 82.9 Å². The van der Waals surface area contributed by atoms with Gasteiger partial charge in [0, 0.05) is 17.7 Å². The van der Waals surface area contributed by atoms with Gasteiger partial charge < -0.3 is 14.8 Å². The summed E-state index contributed by atoms with van der Waals surface area (Å²) in [6.07, 6.45) is 7.18. The van der Waals surface area contributed by atoms with Crippen molar-refractivity contribution in [3.63, 3.8) is 0 Å². The lowest BCUT2D eigenvalue weighted by molar-refractivity contribution is 0.0950. The van der Waals surface area contributed by atoms with Crippen LogP contribution in [-0.2, 0) is 6.54 Å². The smallest absolute Gasteiger partial charge is 0.251 e. The largest absolute Gasteiger partial charge is 0.496 e. The molecule has 0 bridgehead atoms. The molecule has 176 valence electrons. The highest BCUT2D eigenvalue weighted by molar-refractivity contribution is 5.94. The molecule has 4 rings (SSSR count). The molecule has 1 aliphatic carbocycles. The third kappa shape index (κ3) is 5.30. The molecule has 1 fully saturated rings. The van der Waals surface area contributed by atoms with Gasteiger partial charge in [-0.1, -0.05) is 43.5 Å². The van der Waals surface area contributed by atoms with E-state index in [4.69, 9.17) is 9.47 Å². The van der Waals surface area contributed by atoms with Gasteiger partial charge in [0.15, 0.2) is 6.29 Å². The molecular formula is C29H31NO4. The summed E-state index contributed by atoms with van der Waals surface area (Å²) in [6.45, 7) is 0.330. The van der Waals surface area contributed by atoms with Gasteiger partial charge in [-0.05, 0) is 71.8 Å². The Morgan fingerprint density at radius 2 is 1.53 bits per heavy atom. The Morgan fingerprint density at radius 3 is 2.18 bits per heavy atom. The van der Waals surface area contributed by atoms with E-state index in [9.17, 15) is 9.59 Å². The molecule has 1 aliphatic rings. The molecule has 0 aromatic heterocycles. The monoisotopic (exact) mass is 457 g/mol. The van der Waals surface area contributed by atoms with Crippen molar-refractivity contribution in [2.45, 2.75) is 44.6 Å². The number of aldehydes is 1.